The van der Waals surface area contributed by atoms with Gasteiger partial charge in [-0.15, -0.1) is 0 Å². The summed E-state index contributed by atoms with van der Waals surface area (Å²) in [5, 5.41) is 3.01. The highest BCUT2D eigenvalue weighted by Gasteiger charge is 2.26. The Bertz CT molecular complexity index is 1190. The third-order valence-electron chi connectivity index (χ3n) is 5.98. The molecule has 0 unspecified atom stereocenters. The SMILES string of the molecule is COc1ccccc1[C@H](CNC(=O)c1ccc(S(=O)(=O)NCc2ccco2)cc1)N1CCCC1. The predicted molar refractivity (Wildman–Crippen MR) is 128 cm³/mol. The van der Waals surface area contributed by atoms with Crippen molar-refractivity contribution >= 4 is 15.9 Å². The Hall–Kier alpha value is -3.14. The molecule has 2 N–H and O–H groups in total. The second-order valence-corrected chi connectivity index (χ2v) is 9.91. The maximum atomic E-state index is 12.9. The van der Waals surface area contributed by atoms with E-state index in [9.17, 15) is 13.2 Å². The molecule has 0 radical (unpaired) electrons. The van der Waals surface area contributed by atoms with Crippen molar-refractivity contribution in [3.8, 4) is 5.75 Å². The second kappa shape index (κ2) is 10.9. The number of furan rings is 1. The van der Waals surface area contributed by atoms with Crippen molar-refractivity contribution in [1.82, 2.24) is 14.9 Å². The van der Waals surface area contributed by atoms with Gasteiger partial charge in [-0.2, -0.15) is 0 Å². The Morgan fingerprint density at radius 3 is 2.47 bits per heavy atom. The molecule has 1 aliphatic heterocycles. The molecule has 0 aliphatic carbocycles. The summed E-state index contributed by atoms with van der Waals surface area (Å²) in [6.45, 7) is 2.41. The van der Waals surface area contributed by atoms with Crippen LogP contribution in [0.4, 0.5) is 0 Å². The third kappa shape index (κ3) is 5.67. The summed E-state index contributed by atoms with van der Waals surface area (Å²) in [4.78, 5) is 15.3. The second-order valence-electron chi connectivity index (χ2n) is 8.14. The standard InChI is InChI=1S/C25H29N3O5S/c1-32-24-9-3-2-8-22(24)23(28-14-4-5-15-28)18-26-25(29)19-10-12-21(13-11-19)34(30,31)27-17-20-7-6-16-33-20/h2-3,6-13,16,23,27H,4-5,14-15,17-18H2,1H3,(H,26,29)/t23-/m0/s1. The Labute approximate surface area is 200 Å². The molecule has 8 nitrogen and oxygen atoms in total. The van der Waals surface area contributed by atoms with Crippen LogP contribution in [0.1, 0.15) is 40.6 Å². The first-order valence-corrected chi connectivity index (χ1v) is 12.7. The maximum absolute atomic E-state index is 12.9. The zero-order valence-electron chi connectivity index (χ0n) is 19.1. The summed E-state index contributed by atoms with van der Waals surface area (Å²) in [6, 6.07) is 17.1. The molecule has 1 aromatic heterocycles. The molecule has 34 heavy (non-hydrogen) atoms. The van der Waals surface area contributed by atoms with Crippen LogP contribution in [-0.4, -0.2) is 46.0 Å². The van der Waals surface area contributed by atoms with E-state index < -0.39 is 10.0 Å². The summed E-state index contributed by atoms with van der Waals surface area (Å²) in [6.07, 6.45) is 3.74. The molecule has 0 bridgehead atoms. The van der Waals surface area contributed by atoms with Gasteiger partial charge in [0, 0.05) is 17.7 Å². The Morgan fingerprint density at radius 2 is 1.79 bits per heavy atom. The molecule has 1 amide bonds. The molecule has 1 saturated heterocycles. The van der Waals surface area contributed by atoms with E-state index >= 15 is 0 Å². The van der Waals surface area contributed by atoms with Gasteiger partial charge in [0.2, 0.25) is 10.0 Å². The number of methoxy groups -OCH3 is 1. The van der Waals surface area contributed by atoms with Crippen molar-refractivity contribution in [1.29, 1.82) is 0 Å². The highest BCUT2D eigenvalue weighted by atomic mass is 32.2. The van der Waals surface area contributed by atoms with E-state index in [0.29, 0.717) is 17.9 Å². The monoisotopic (exact) mass is 483 g/mol. The normalized spacial score (nSPS) is 15.2. The van der Waals surface area contributed by atoms with Crippen LogP contribution >= 0.6 is 0 Å². The van der Waals surface area contributed by atoms with Crippen LogP contribution in [0.3, 0.4) is 0 Å². The molecular weight excluding hydrogens is 454 g/mol. The number of benzene rings is 2. The Balaban J connectivity index is 1.42. The van der Waals surface area contributed by atoms with Crippen molar-refractivity contribution in [3.63, 3.8) is 0 Å². The highest BCUT2D eigenvalue weighted by Crippen LogP contribution is 2.31. The van der Waals surface area contributed by atoms with Gasteiger partial charge < -0.3 is 14.5 Å². The van der Waals surface area contributed by atoms with Crippen LogP contribution in [-0.2, 0) is 16.6 Å². The van der Waals surface area contributed by atoms with E-state index in [4.69, 9.17) is 9.15 Å². The number of nitrogens with zero attached hydrogens (tertiary/aromatic N) is 1. The van der Waals surface area contributed by atoms with Gasteiger partial charge in [0.05, 0.1) is 30.9 Å². The molecule has 0 saturated carbocycles. The van der Waals surface area contributed by atoms with Gasteiger partial charge >= 0.3 is 0 Å². The number of rotatable bonds is 10. The van der Waals surface area contributed by atoms with Crippen molar-refractivity contribution < 1.29 is 22.4 Å². The largest absolute Gasteiger partial charge is 0.496 e. The van der Waals surface area contributed by atoms with Gasteiger partial charge in [-0.05, 0) is 68.4 Å². The average molecular weight is 484 g/mol. The van der Waals surface area contributed by atoms with E-state index in [1.165, 1.54) is 30.5 Å². The van der Waals surface area contributed by atoms with Crippen LogP contribution in [0.5, 0.6) is 5.75 Å². The van der Waals surface area contributed by atoms with Gasteiger partial charge in [-0.1, -0.05) is 18.2 Å². The molecule has 1 aliphatic rings. The number of ether oxygens (including phenoxy) is 1. The lowest BCUT2D eigenvalue weighted by Crippen LogP contribution is -2.37. The number of sulfonamides is 1. The molecule has 9 heteroatoms. The molecule has 3 aromatic rings. The van der Waals surface area contributed by atoms with E-state index in [-0.39, 0.29) is 23.4 Å². The predicted octanol–water partition coefficient (Wildman–Crippen LogP) is 3.33. The van der Waals surface area contributed by atoms with Gasteiger partial charge in [0.1, 0.15) is 11.5 Å². The highest BCUT2D eigenvalue weighted by molar-refractivity contribution is 7.89. The lowest BCUT2D eigenvalue weighted by Gasteiger charge is -2.29. The third-order valence-corrected chi connectivity index (χ3v) is 7.40. The number of nitrogens with one attached hydrogen (secondary N) is 2. The fourth-order valence-electron chi connectivity index (χ4n) is 4.17. The number of para-hydroxylation sites is 1. The van der Waals surface area contributed by atoms with Gasteiger partial charge in [0.25, 0.3) is 5.91 Å². The number of carbonyl (C=O) groups is 1. The summed E-state index contributed by atoms with van der Waals surface area (Å²) < 4.78 is 38.2. The Morgan fingerprint density at radius 1 is 1.06 bits per heavy atom. The minimum Gasteiger partial charge on any atom is -0.496 e. The topological polar surface area (TPSA) is 101 Å². The summed E-state index contributed by atoms with van der Waals surface area (Å²) in [5.41, 5.74) is 1.43. The van der Waals surface area contributed by atoms with Crippen LogP contribution in [0.25, 0.3) is 0 Å². The van der Waals surface area contributed by atoms with Gasteiger partial charge in [-0.25, -0.2) is 13.1 Å². The first kappa shape index (κ1) is 24.0. The molecular formula is C25H29N3O5S. The van der Waals surface area contributed by atoms with Gasteiger partial charge in [0.15, 0.2) is 0 Å². The molecule has 2 aromatic carbocycles. The zero-order chi connectivity index (χ0) is 24.0. The first-order chi connectivity index (χ1) is 16.5. The van der Waals surface area contributed by atoms with E-state index in [1.807, 2.05) is 24.3 Å². The molecule has 1 fully saturated rings. The van der Waals surface area contributed by atoms with Crippen molar-refractivity contribution in [2.75, 3.05) is 26.7 Å². The minimum absolute atomic E-state index is 0.00643. The van der Waals surface area contributed by atoms with Crippen LogP contribution in [0, 0.1) is 0 Å². The van der Waals surface area contributed by atoms with Crippen molar-refractivity contribution in [2.45, 2.75) is 30.3 Å². The summed E-state index contributed by atoms with van der Waals surface area (Å²) in [5.74, 6) is 1.05. The lowest BCUT2D eigenvalue weighted by atomic mass is 10.0. The zero-order valence-corrected chi connectivity index (χ0v) is 19.9. The number of amides is 1. The Kier molecular flexibility index (Phi) is 7.66. The van der Waals surface area contributed by atoms with Crippen LogP contribution in [0.15, 0.2) is 76.2 Å². The van der Waals surface area contributed by atoms with E-state index in [1.54, 1.807) is 19.2 Å². The molecule has 180 valence electrons. The number of hydrogen-bond acceptors (Lipinski definition) is 6. The number of hydrogen-bond donors (Lipinski definition) is 2. The summed E-state index contributed by atoms with van der Waals surface area (Å²) >= 11 is 0. The van der Waals surface area contributed by atoms with Crippen LogP contribution in [0.2, 0.25) is 0 Å². The number of carbonyl (C=O) groups excluding carboxylic acids is 1. The molecule has 0 spiro atoms. The van der Waals surface area contributed by atoms with E-state index in [0.717, 1.165) is 37.2 Å². The molecule has 2 heterocycles. The smallest absolute Gasteiger partial charge is 0.251 e. The molecule has 1 atom stereocenters. The van der Waals surface area contributed by atoms with Crippen molar-refractivity contribution in [3.05, 3.63) is 83.8 Å². The van der Waals surface area contributed by atoms with Crippen LogP contribution < -0.4 is 14.8 Å². The minimum atomic E-state index is -3.72. The first-order valence-electron chi connectivity index (χ1n) is 11.3. The lowest BCUT2D eigenvalue weighted by molar-refractivity contribution is 0.0937. The average Bonchev–Trinajstić information content (AvgIpc) is 3.58. The molecule has 4 rings (SSSR count). The maximum Gasteiger partial charge on any atom is 0.251 e. The summed E-state index contributed by atoms with van der Waals surface area (Å²) in [7, 11) is -2.07. The van der Waals surface area contributed by atoms with Gasteiger partial charge in [-0.3, -0.25) is 9.69 Å². The number of likely N-dealkylation sites (tertiary alicyclic amines) is 1. The van der Waals surface area contributed by atoms with Crippen molar-refractivity contribution in [2.24, 2.45) is 0 Å². The fourth-order valence-corrected chi connectivity index (χ4v) is 5.16. The fraction of sp³-hybridized carbons (Fsp3) is 0.320. The van der Waals surface area contributed by atoms with E-state index in [2.05, 4.69) is 14.9 Å². The quantitative estimate of drug-likeness (QED) is 0.459.